The molecule has 0 bridgehead atoms. The first-order valence-corrected chi connectivity index (χ1v) is 16.0. The monoisotopic (exact) mass is 688 g/mol. The number of anilines is 1. The van der Waals surface area contributed by atoms with Gasteiger partial charge in [0.2, 0.25) is 23.1 Å². The third-order valence-electron chi connectivity index (χ3n) is 7.67. The Bertz CT molecular complexity index is 1570. The number of hydrogen-bond donors (Lipinski definition) is 2. The van der Waals surface area contributed by atoms with E-state index in [2.05, 4.69) is 0 Å². The van der Waals surface area contributed by atoms with Crippen molar-refractivity contribution in [3.05, 3.63) is 82.9 Å². The zero-order valence-corrected chi connectivity index (χ0v) is 27.8. The minimum atomic E-state index is -2.50. The summed E-state index contributed by atoms with van der Waals surface area (Å²) in [5.74, 6) is -0.158. The predicted molar refractivity (Wildman–Crippen MR) is 175 cm³/mol. The fourth-order valence-corrected chi connectivity index (χ4v) is 5.86. The largest absolute Gasteiger partial charge is 0.497 e. The number of methoxy groups -OCH3 is 3. The number of benzene rings is 3. The first-order chi connectivity index (χ1) is 22.5. The van der Waals surface area contributed by atoms with Crippen LogP contribution in [-0.4, -0.2) is 99.3 Å². The number of carbonyl (C=O) groups excluding carboxylic acids is 3. The molecule has 1 heterocycles. The van der Waals surface area contributed by atoms with Gasteiger partial charge >= 0.3 is 0 Å². The van der Waals surface area contributed by atoms with E-state index in [0.717, 1.165) is 9.87 Å². The molecule has 2 unspecified atom stereocenters. The molecule has 3 aromatic carbocycles. The van der Waals surface area contributed by atoms with Crippen molar-refractivity contribution < 1.29 is 42.6 Å². The van der Waals surface area contributed by atoms with Crippen molar-refractivity contribution in [3.63, 3.8) is 0 Å². The molecule has 1 aliphatic rings. The maximum Gasteiger partial charge on any atom is 0.252 e. The van der Waals surface area contributed by atoms with Crippen LogP contribution < -0.4 is 19.3 Å². The van der Waals surface area contributed by atoms with Gasteiger partial charge in [0.1, 0.15) is 23.8 Å². The highest BCUT2D eigenvalue weighted by atomic mass is 35.5. The number of ether oxygens (including phenoxy) is 3. The second kappa shape index (κ2) is 16.6. The summed E-state index contributed by atoms with van der Waals surface area (Å²) in [4.78, 5) is 43.1. The first kappa shape index (κ1) is 35.6. The molecule has 0 saturated carbocycles. The molecule has 2 N–H and O–H groups in total. The van der Waals surface area contributed by atoms with Crippen LogP contribution in [0.1, 0.15) is 17.5 Å². The molecule has 47 heavy (non-hydrogen) atoms. The van der Waals surface area contributed by atoms with Gasteiger partial charge in [0, 0.05) is 30.7 Å². The molecule has 2 atom stereocenters. The van der Waals surface area contributed by atoms with Crippen molar-refractivity contribution in [2.75, 3.05) is 52.6 Å². The Kier molecular flexibility index (Phi) is 12.6. The average molecular weight is 689 g/mol. The molecule has 3 aromatic rings. The van der Waals surface area contributed by atoms with Crippen LogP contribution in [0.5, 0.6) is 17.2 Å². The van der Waals surface area contributed by atoms with Gasteiger partial charge in [-0.15, -0.1) is 0 Å². The van der Waals surface area contributed by atoms with E-state index < -0.39 is 41.6 Å². The number of rotatable bonds is 14. The molecule has 252 valence electrons. The average Bonchev–Trinajstić information content (AvgIpc) is 3.07. The van der Waals surface area contributed by atoms with Crippen LogP contribution in [0.4, 0.5) is 5.69 Å². The van der Waals surface area contributed by atoms with E-state index in [1.807, 2.05) is 6.07 Å². The Labute approximate surface area is 280 Å². The smallest absolute Gasteiger partial charge is 0.252 e. The van der Waals surface area contributed by atoms with Crippen LogP contribution in [0.25, 0.3) is 0 Å². The summed E-state index contributed by atoms with van der Waals surface area (Å²) in [5.41, 5.74) is 1.69. The summed E-state index contributed by atoms with van der Waals surface area (Å²) in [6.07, 6.45) is -0.00962. The van der Waals surface area contributed by atoms with E-state index in [0.29, 0.717) is 39.3 Å². The molecule has 1 fully saturated rings. The van der Waals surface area contributed by atoms with Crippen LogP contribution in [0.2, 0.25) is 5.02 Å². The van der Waals surface area contributed by atoms with E-state index in [-0.39, 0.29) is 38.3 Å². The van der Waals surface area contributed by atoms with E-state index in [4.69, 9.17) is 25.8 Å². The minimum Gasteiger partial charge on any atom is -0.497 e. The van der Waals surface area contributed by atoms with Gasteiger partial charge in [-0.1, -0.05) is 23.7 Å². The Morgan fingerprint density at radius 3 is 2.21 bits per heavy atom. The van der Waals surface area contributed by atoms with Gasteiger partial charge in [0.25, 0.3) is 5.91 Å². The Morgan fingerprint density at radius 1 is 0.957 bits per heavy atom. The second-order valence-electron chi connectivity index (χ2n) is 10.8. The molecular weight excluding hydrogens is 652 g/mol. The quantitative estimate of drug-likeness (QED) is 0.148. The normalized spacial score (nSPS) is 15.4. The van der Waals surface area contributed by atoms with E-state index >= 15 is 0 Å². The van der Waals surface area contributed by atoms with E-state index in [1.54, 1.807) is 48.5 Å². The van der Waals surface area contributed by atoms with E-state index in [1.165, 1.54) is 43.3 Å². The predicted octanol–water partition coefficient (Wildman–Crippen LogP) is 3.40. The number of amides is 3. The molecular formula is C32H37ClN4O9S. The zero-order chi connectivity index (χ0) is 34.1. The lowest BCUT2D eigenvalue weighted by Crippen LogP contribution is -2.60. The van der Waals surface area contributed by atoms with Crippen molar-refractivity contribution in [2.45, 2.75) is 25.4 Å². The number of hydroxylamine groups is 1. The summed E-state index contributed by atoms with van der Waals surface area (Å²) < 4.78 is 39.1. The summed E-state index contributed by atoms with van der Waals surface area (Å²) in [6.45, 7) is -0.738. The van der Waals surface area contributed by atoms with Crippen molar-refractivity contribution in [1.82, 2.24) is 14.1 Å². The maximum atomic E-state index is 13.7. The molecule has 15 heteroatoms. The molecule has 1 saturated heterocycles. The van der Waals surface area contributed by atoms with Crippen LogP contribution in [0.15, 0.2) is 66.7 Å². The molecule has 0 aliphatic carbocycles. The highest BCUT2D eigenvalue weighted by molar-refractivity contribution is 7.76. The van der Waals surface area contributed by atoms with Crippen molar-refractivity contribution >= 4 is 46.3 Å². The molecule has 4 rings (SSSR count). The number of carbonyl (C=O) groups is 3. The SMILES string of the molecule is COc1ccc(N(O)C(=O)CC2CN(Cc3cc(OC)cc(OC)c3)C(=O)CN2C(=O)CN(CCc2cccc(Cl)c2)S(=O)O)cc1. The number of nitrogens with zero attached hydrogens (tertiary/aromatic N) is 4. The molecule has 1 aliphatic heterocycles. The summed E-state index contributed by atoms with van der Waals surface area (Å²) >= 11 is 3.56. The van der Waals surface area contributed by atoms with Gasteiger partial charge in [-0.3, -0.25) is 24.1 Å². The topological polar surface area (TPSA) is 149 Å². The Hall–Kier alpha value is -4.21. The lowest BCUT2D eigenvalue weighted by molar-refractivity contribution is -0.151. The van der Waals surface area contributed by atoms with Gasteiger partial charge < -0.3 is 24.0 Å². The van der Waals surface area contributed by atoms with Gasteiger partial charge in [0.05, 0.1) is 46.0 Å². The third kappa shape index (κ3) is 9.65. The number of hydrogen-bond acceptors (Lipinski definition) is 8. The summed E-state index contributed by atoms with van der Waals surface area (Å²) in [6, 6.07) is 17.5. The minimum absolute atomic E-state index is 0.0446. The highest BCUT2D eigenvalue weighted by Crippen LogP contribution is 2.26. The first-order valence-electron chi connectivity index (χ1n) is 14.6. The third-order valence-corrected chi connectivity index (χ3v) is 8.66. The van der Waals surface area contributed by atoms with Gasteiger partial charge in [0.15, 0.2) is 0 Å². The molecule has 13 nitrogen and oxygen atoms in total. The van der Waals surface area contributed by atoms with Crippen LogP contribution in [0, 0.1) is 0 Å². The van der Waals surface area contributed by atoms with Gasteiger partial charge in [-0.2, -0.15) is 9.37 Å². The second-order valence-corrected chi connectivity index (χ2v) is 12.2. The number of halogens is 1. The van der Waals surface area contributed by atoms with Gasteiger partial charge in [-0.05, 0) is 66.1 Å². The summed E-state index contributed by atoms with van der Waals surface area (Å²) in [5, 5.41) is 11.7. The van der Waals surface area contributed by atoms with Gasteiger partial charge in [-0.25, -0.2) is 4.21 Å². The fourth-order valence-electron chi connectivity index (χ4n) is 5.18. The zero-order valence-electron chi connectivity index (χ0n) is 26.2. The highest BCUT2D eigenvalue weighted by Gasteiger charge is 2.38. The Balaban J connectivity index is 1.55. The lowest BCUT2D eigenvalue weighted by atomic mass is 10.1. The van der Waals surface area contributed by atoms with Crippen molar-refractivity contribution in [3.8, 4) is 17.2 Å². The fraction of sp³-hybridized carbons (Fsp3) is 0.344. The van der Waals surface area contributed by atoms with Crippen molar-refractivity contribution in [1.29, 1.82) is 0 Å². The van der Waals surface area contributed by atoms with Crippen LogP contribution in [0.3, 0.4) is 0 Å². The lowest BCUT2D eigenvalue weighted by Gasteiger charge is -2.41. The molecule has 0 radical (unpaired) electrons. The molecule has 3 amide bonds. The summed E-state index contributed by atoms with van der Waals surface area (Å²) in [7, 11) is 4.51. The molecule has 0 spiro atoms. The van der Waals surface area contributed by atoms with Crippen LogP contribution >= 0.6 is 11.6 Å². The maximum absolute atomic E-state index is 13.7. The van der Waals surface area contributed by atoms with Crippen molar-refractivity contribution in [2.24, 2.45) is 0 Å². The van der Waals surface area contributed by atoms with Crippen LogP contribution in [-0.2, 0) is 38.6 Å². The standard InChI is InChI=1S/C32H37ClN4O9S/c1-44-27-9-7-25(8-10-27)37(41)30(38)16-26-19-34(18-23-14-28(45-2)17-29(15-23)46-3)31(39)21-36(26)32(40)20-35(47(42)43)12-11-22-5-4-6-24(33)13-22/h4-10,13-15,17,26,41H,11-12,16,18-21H2,1-3H3,(H,42,43). The van der Waals surface area contributed by atoms with E-state index in [9.17, 15) is 28.4 Å². The molecule has 0 aromatic heterocycles. The Morgan fingerprint density at radius 2 is 1.62 bits per heavy atom. The number of piperazine rings is 1.